The molecule has 7 nitrogen and oxygen atoms in total. The standard InChI is InChI=1S/C29H31N3O4S/c1-5-6-7-25-26(32(4)22-12-8-19(2)9-13-22)27(33)28(29(34)31-25)37(35,36)23-14-10-21(11-15-23)24-16-17-30-18-20(24)3/h8-18H,5-7H2,1-4H3,(H2,31,33,34). The Kier molecular flexibility index (Phi) is 7.50. The number of rotatable bonds is 8. The van der Waals surface area contributed by atoms with Gasteiger partial charge in [-0.2, -0.15) is 0 Å². The fourth-order valence-corrected chi connectivity index (χ4v) is 5.76. The SMILES string of the molecule is CCCCc1[nH]c(=O)c(S(=O)(=O)c2ccc(-c3ccncc3C)cc2)c(O)c1N(C)c1ccc(C)cc1. The highest BCUT2D eigenvalue weighted by molar-refractivity contribution is 7.91. The molecule has 0 unspecified atom stereocenters. The van der Waals surface area contributed by atoms with E-state index in [1.54, 1.807) is 36.5 Å². The molecule has 0 aliphatic rings. The van der Waals surface area contributed by atoms with Crippen LogP contribution in [-0.4, -0.2) is 30.5 Å². The third-order valence-electron chi connectivity index (χ3n) is 6.50. The molecule has 0 fully saturated rings. The number of aromatic nitrogens is 2. The Labute approximate surface area is 217 Å². The van der Waals surface area contributed by atoms with Crippen molar-refractivity contribution in [2.24, 2.45) is 0 Å². The van der Waals surface area contributed by atoms with E-state index in [4.69, 9.17) is 0 Å². The van der Waals surface area contributed by atoms with E-state index < -0.39 is 26.0 Å². The maximum atomic E-state index is 13.7. The van der Waals surface area contributed by atoms with Crippen molar-refractivity contribution in [2.45, 2.75) is 49.8 Å². The number of hydrogen-bond donors (Lipinski definition) is 2. The molecule has 0 spiro atoms. The molecule has 4 rings (SSSR count). The third-order valence-corrected chi connectivity index (χ3v) is 8.31. The van der Waals surface area contributed by atoms with Crippen molar-refractivity contribution in [3.63, 3.8) is 0 Å². The fraction of sp³-hybridized carbons (Fsp3) is 0.241. The number of benzene rings is 2. The van der Waals surface area contributed by atoms with Crippen LogP contribution in [0.5, 0.6) is 5.75 Å². The van der Waals surface area contributed by atoms with E-state index in [-0.39, 0.29) is 10.6 Å². The Hall–Kier alpha value is -3.91. The van der Waals surface area contributed by atoms with E-state index in [0.29, 0.717) is 12.1 Å². The summed E-state index contributed by atoms with van der Waals surface area (Å²) in [6, 6.07) is 15.8. The van der Waals surface area contributed by atoms with Gasteiger partial charge in [-0.05, 0) is 73.7 Å². The Morgan fingerprint density at radius 3 is 2.30 bits per heavy atom. The van der Waals surface area contributed by atoms with Crippen molar-refractivity contribution in [2.75, 3.05) is 11.9 Å². The van der Waals surface area contributed by atoms with Crippen molar-refractivity contribution in [1.29, 1.82) is 0 Å². The van der Waals surface area contributed by atoms with Crippen molar-refractivity contribution in [3.05, 3.63) is 94.2 Å². The van der Waals surface area contributed by atoms with Crippen LogP contribution in [-0.2, 0) is 16.3 Å². The predicted octanol–water partition coefficient (Wildman–Crippen LogP) is 5.70. The lowest BCUT2D eigenvalue weighted by Gasteiger charge is -2.25. The number of nitrogens with zero attached hydrogens (tertiary/aromatic N) is 2. The number of sulfone groups is 1. The van der Waals surface area contributed by atoms with Gasteiger partial charge in [-0.15, -0.1) is 0 Å². The highest BCUT2D eigenvalue weighted by Crippen LogP contribution is 2.39. The molecule has 2 heterocycles. The summed E-state index contributed by atoms with van der Waals surface area (Å²) in [4.78, 5) is 20.9. The second-order valence-corrected chi connectivity index (χ2v) is 11.1. The lowest BCUT2D eigenvalue weighted by Crippen LogP contribution is -2.24. The third kappa shape index (κ3) is 5.15. The van der Waals surface area contributed by atoms with Gasteiger partial charge in [0.1, 0.15) is 5.69 Å². The molecule has 8 heteroatoms. The molecule has 192 valence electrons. The highest BCUT2D eigenvalue weighted by Gasteiger charge is 2.30. The van der Waals surface area contributed by atoms with Gasteiger partial charge in [0.2, 0.25) is 9.84 Å². The van der Waals surface area contributed by atoms with E-state index in [1.807, 2.05) is 51.1 Å². The number of anilines is 2. The number of aromatic hydroxyl groups is 1. The first-order valence-corrected chi connectivity index (χ1v) is 13.7. The summed E-state index contributed by atoms with van der Waals surface area (Å²) < 4.78 is 27.3. The molecule has 0 amide bonds. The summed E-state index contributed by atoms with van der Waals surface area (Å²) in [6.07, 6.45) is 5.55. The molecule has 0 bridgehead atoms. The van der Waals surface area contributed by atoms with Crippen LogP contribution in [0.1, 0.15) is 36.6 Å². The number of aromatic amines is 1. The van der Waals surface area contributed by atoms with Gasteiger partial charge in [0.15, 0.2) is 10.6 Å². The van der Waals surface area contributed by atoms with E-state index in [2.05, 4.69) is 9.97 Å². The van der Waals surface area contributed by atoms with E-state index >= 15 is 0 Å². The maximum absolute atomic E-state index is 13.7. The maximum Gasteiger partial charge on any atom is 0.271 e. The second-order valence-electron chi connectivity index (χ2n) is 9.18. The molecule has 4 aromatic rings. The number of nitrogens with one attached hydrogen (secondary N) is 1. The average molecular weight is 518 g/mol. The highest BCUT2D eigenvalue weighted by atomic mass is 32.2. The molecular formula is C29H31N3O4S. The molecule has 0 atom stereocenters. The molecular weight excluding hydrogens is 486 g/mol. The minimum atomic E-state index is -4.32. The molecule has 2 aromatic heterocycles. The predicted molar refractivity (Wildman–Crippen MR) is 146 cm³/mol. The van der Waals surface area contributed by atoms with Crippen molar-refractivity contribution >= 4 is 21.2 Å². The fourth-order valence-electron chi connectivity index (χ4n) is 4.38. The molecule has 0 aliphatic carbocycles. The van der Waals surface area contributed by atoms with Gasteiger partial charge in [0.25, 0.3) is 5.56 Å². The van der Waals surface area contributed by atoms with E-state index in [9.17, 15) is 18.3 Å². The van der Waals surface area contributed by atoms with E-state index in [0.717, 1.165) is 40.8 Å². The lowest BCUT2D eigenvalue weighted by molar-refractivity contribution is 0.455. The largest absolute Gasteiger partial charge is 0.504 e. The Morgan fingerprint density at radius 1 is 1.00 bits per heavy atom. The summed E-state index contributed by atoms with van der Waals surface area (Å²) in [6.45, 7) is 5.92. The minimum Gasteiger partial charge on any atom is -0.504 e. The van der Waals surface area contributed by atoms with Gasteiger partial charge >= 0.3 is 0 Å². The zero-order chi connectivity index (χ0) is 26.7. The van der Waals surface area contributed by atoms with Crippen molar-refractivity contribution in [1.82, 2.24) is 9.97 Å². The van der Waals surface area contributed by atoms with Gasteiger partial charge in [0.05, 0.1) is 4.90 Å². The molecule has 2 aromatic carbocycles. The van der Waals surface area contributed by atoms with Crippen LogP contribution in [0.3, 0.4) is 0 Å². The van der Waals surface area contributed by atoms with Gasteiger partial charge in [-0.3, -0.25) is 9.78 Å². The van der Waals surface area contributed by atoms with Crippen molar-refractivity contribution < 1.29 is 13.5 Å². The molecule has 0 radical (unpaired) electrons. The molecule has 37 heavy (non-hydrogen) atoms. The smallest absolute Gasteiger partial charge is 0.271 e. The molecule has 0 saturated carbocycles. The summed E-state index contributed by atoms with van der Waals surface area (Å²) in [7, 11) is -2.58. The van der Waals surface area contributed by atoms with Gasteiger partial charge in [-0.1, -0.05) is 43.2 Å². The lowest BCUT2D eigenvalue weighted by atomic mass is 10.0. The molecule has 0 aliphatic heterocycles. The first-order valence-electron chi connectivity index (χ1n) is 12.2. The molecule has 0 saturated heterocycles. The summed E-state index contributed by atoms with van der Waals surface area (Å²) in [5, 5.41) is 11.4. The summed E-state index contributed by atoms with van der Waals surface area (Å²) in [5.74, 6) is -0.549. The molecule has 2 N–H and O–H groups in total. The number of aryl methyl sites for hydroxylation is 3. The summed E-state index contributed by atoms with van der Waals surface area (Å²) >= 11 is 0. The van der Waals surface area contributed by atoms with Gasteiger partial charge in [0, 0.05) is 30.8 Å². The zero-order valence-electron chi connectivity index (χ0n) is 21.4. The Balaban J connectivity index is 1.84. The van der Waals surface area contributed by atoms with Crippen molar-refractivity contribution in [3.8, 4) is 16.9 Å². The van der Waals surface area contributed by atoms with Gasteiger partial charge in [-0.25, -0.2) is 8.42 Å². The number of hydrogen-bond acceptors (Lipinski definition) is 6. The Bertz CT molecular complexity index is 1580. The first kappa shape index (κ1) is 26.2. The first-order chi connectivity index (χ1) is 17.6. The summed E-state index contributed by atoms with van der Waals surface area (Å²) in [5.41, 5.74) is 4.48. The Morgan fingerprint density at radius 2 is 1.68 bits per heavy atom. The normalized spacial score (nSPS) is 11.5. The monoisotopic (exact) mass is 517 g/mol. The minimum absolute atomic E-state index is 0.0750. The quantitative estimate of drug-likeness (QED) is 0.311. The second kappa shape index (κ2) is 10.6. The number of unbranched alkanes of at least 4 members (excludes halogenated alkanes) is 1. The van der Waals surface area contributed by atoms with Crippen LogP contribution in [0.15, 0.2) is 81.6 Å². The van der Waals surface area contributed by atoms with Gasteiger partial charge < -0.3 is 15.0 Å². The average Bonchev–Trinajstić information content (AvgIpc) is 2.87. The van der Waals surface area contributed by atoms with Crippen LogP contribution >= 0.6 is 0 Å². The van der Waals surface area contributed by atoms with Crippen LogP contribution in [0.4, 0.5) is 11.4 Å². The number of pyridine rings is 2. The number of H-pyrrole nitrogens is 1. The van der Waals surface area contributed by atoms with Crippen LogP contribution < -0.4 is 10.5 Å². The zero-order valence-corrected chi connectivity index (χ0v) is 22.3. The topological polar surface area (TPSA) is 103 Å². The van der Waals surface area contributed by atoms with Crippen LogP contribution in [0.2, 0.25) is 0 Å². The van der Waals surface area contributed by atoms with E-state index in [1.165, 1.54) is 12.1 Å². The van der Waals surface area contributed by atoms with Crippen LogP contribution in [0, 0.1) is 13.8 Å². The van der Waals surface area contributed by atoms with Crippen LogP contribution in [0.25, 0.3) is 11.1 Å².